The van der Waals surface area contributed by atoms with Gasteiger partial charge in [0.25, 0.3) is 0 Å². The summed E-state index contributed by atoms with van der Waals surface area (Å²) in [5.41, 5.74) is 0.676. The minimum absolute atomic E-state index is 0.378. The van der Waals surface area contributed by atoms with Crippen LogP contribution in [0.4, 0.5) is 0 Å². The van der Waals surface area contributed by atoms with Gasteiger partial charge in [-0.25, -0.2) is 0 Å². The maximum atomic E-state index is 10.7. The molecule has 0 bridgehead atoms. The molecule has 1 aromatic heterocycles. The Hall–Kier alpha value is -1.36. The molecule has 1 aromatic carbocycles. The molecule has 0 spiro atoms. The first-order valence-corrected chi connectivity index (χ1v) is 8.68. The maximum absolute atomic E-state index is 10.7. The first-order valence-electron chi connectivity index (χ1n) is 7.80. The minimum atomic E-state index is -0.698. The molecule has 2 aromatic rings. The Bertz CT molecular complexity index is 588. The molecule has 1 N–H and O–H groups in total. The van der Waals surface area contributed by atoms with Crippen molar-refractivity contribution in [2.45, 2.75) is 31.9 Å². The molecule has 0 atom stereocenters. The molecule has 118 valence electrons. The standard InChI is InChI=1S/C18H23NO2S/c1-15-7-12-22-17(15)13-19-10-8-18(20,9-11-19)14-21-16-5-3-2-4-6-16/h2-7,12,20H,8-11,13-14H2,1H3. The number of rotatable bonds is 5. The van der Waals surface area contributed by atoms with Crippen LogP contribution in [0, 0.1) is 6.92 Å². The Morgan fingerprint density at radius 2 is 1.91 bits per heavy atom. The second-order valence-electron chi connectivity index (χ2n) is 6.13. The smallest absolute Gasteiger partial charge is 0.119 e. The first-order chi connectivity index (χ1) is 10.6. The van der Waals surface area contributed by atoms with Crippen LogP contribution in [0.5, 0.6) is 5.75 Å². The topological polar surface area (TPSA) is 32.7 Å². The third-order valence-electron chi connectivity index (χ3n) is 4.37. The second kappa shape index (κ2) is 6.82. The van der Waals surface area contributed by atoms with Gasteiger partial charge in [0, 0.05) is 24.5 Å². The molecule has 0 radical (unpaired) electrons. The second-order valence-corrected chi connectivity index (χ2v) is 7.13. The molecule has 3 rings (SSSR count). The van der Waals surface area contributed by atoms with Crippen molar-refractivity contribution in [2.75, 3.05) is 19.7 Å². The minimum Gasteiger partial charge on any atom is -0.491 e. The van der Waals surface area contributed by atoms with Gasteiger partial charge in [-0.15, -0.1) is 11.3 Å². The number of likely N-dealkylation sites (tertiary alicyclic amines) is 1. The molecule has 0 unspecified atom stereocenters. The number of ether oxygens (including phenoxy) is 1. The summed E-state index contributed by atoms with van der Waals surface area (Å²) in [7, 11) is 0. The summed E-state index contributed by atoms with van der Waals surface area (Å²) in [6.07, 6.45) is 1.54. The molecule has 22 heavy (non-hydrogen) atoms. The number of para-hydroxylation sites is 1. The van der Waals surface area contributed by atoms with Gasteiger partial charge in [-0.1, -0.05) is 18.2 Å². The third kappa shape index (κ3) is 3.88. The summed E-state index contributed by atoms with van der Waals surface area (Å²) in [6, 6.07) is 11.9. The van der Waals surface area contributed by atoms with Gasteiger partial charge in [-0.2, -0.15) is 0 Å². The molecule has 4 heteroatoms. The van der Waals surface area contributed by atoms with E-state index in [9.17, 15) is 5.11 Å². The van der Waals surface area contributed by atoms with Crippen LogP contribution in [0.3, 0.4) is 0 Å². The van der Waals surface area contributed by atoms with Crippen LogP contribution in [0.2, 0.25) is 0 Å². The van der Waals surface area contributed by atoms with Crippen LogP contribution in [0.15, 0.2) is 41.8 Å². The number of hydrogen-bond donors (Lipinski definition) is 1. The van der Waals surface area contributed by atoms with Crippen LogP contribution >= 0.6 is 11.3 Å². The van der Waals surface area contributed by atoms with Gasteiger partial charge in [0.1, 0.15) is 18.0 Å². The van der Waals surface area contributed by atoms with Crippen molar-refractivity contribution in [3.05, 3.63) is 52.2 Å². The average molecular weight is 317 g/mol. The van der Waals surface area contributed by atoms with Crippen molar-refractivity contribution in [3.63, 3.8) is 0 Å². The summed E-state index contributed by atoms with van der Waals surface area (Å²) >= 11 is 1.82. The highest BCUT2D eigenvalue weighted by atomic mass is 32.1. The van der Waals surface area contributed by atoms with Crippen molar-refractivity contribution in [3.8, 4) is 5.75 Å². The van der Waals surface area contributed by atoms with Crippen LogP contribution in [0.25, 0.3) is 0 Å². The van der Waals surface area contributed by atoms with E-state index < -0.39 is 5.60 Å². The van der Waals surface area contributed by atoms with Gasteiger partial charge >= 0.3 is 0 Å². The molecule has 1 saturated heterocycles. The van der Waals surface area contributed by atoms with Crippen molar-refractivity contribution in [2.24, 2.45) is 0 Å². The Balaban J connectivity index is 1.49. The molecule has 0 amide bonds. The molecule has 0 aliphatic carbocycles. The van der Waals surface area contributed by atoms with E-state index in [1.54, 1.807) is 0 Å². The van der Waals surface area contributed by atoms with Gasteiger partial charge in [-0.05, 0) is 48.9 Å². The number of aryl methyl sites for hydroxylation is 1. The highest BCUT2D eigenvalue weighted by molar-refractivity contribution is 7.10. The molecule has 1 fully saturated rings. The van der Waals surface area contributed by atoms with E-state index in [0.717, 1.165) is 38.2 Å². The fourth-order valence-electron chi connectivity index (χ4n) is 2.78. The van der Waals surface area contributed by atoms with Gasteiger partial charge in [0.05, 0.1) is 0 Å². The largest absolute Gasteiger partial charge is 0.491 e. The maximum Gasteiger partial charge on any atom is 0.119 e. The first kappa shape index (κ1) is 15.5. The number of aliphatic hydroxyl groups is 1. The zero-order valence-electron chi connectivity index (χ0n) is 13.0. The lowest BCUT2D eigenvalue weighted by Crippen LogP contribution is -2.47. The van der Waals surface area contributed by atoms with E-state index in [0.29, 0.717) is 6.61 Å². The van der Waals surface area contributed by atoms with E-state index in [-0.39, 0.29) is 0 Å². The summed E-state index contributed by atoms with van der Waals surface area (Å²) in [6.45, 7) is 5.39. The van der Waals surface area contributed by atoms with E-state index in [1.807, 2.05) is 41.7 Å². The number of thiophene rings is 1. The highest BCUT2D eigenvalue weighted by Gasteiger charge is 2.33. The summed E-state index contributed by atoms with van der Waals surface area (Å²) in [5, 5.41) is 12.8. The molecule has 2 heterocycles. The zero-order chi connectivity index (χ0) is 15.4. The average Bonchev–Trinajstić information content (AvgIpc) is 2.94. The lowest BCUT2D eigenvalue weighted by Gasteiger charge is -2.37. The Morgan fingerprint density at radius 1 is 1.18 bits per heavy atom. The van der Waals surface area contributed by atoms with E-state index in [2.05, 4.69) is 23.3 Å². The van der Waals surface area contributed by atoms with Crippen molar-refractivity contribution < 1.29 is 9.84 Å². The van der Waals surface area contributed by atoms with E-state index in [1.165, 1.54) is 10.4 Å². The number of nitrogens with zero attached hydrogens (tertiary/aromatic N) is 1. The number of piperidine rings is 1. The SMILES string of the molecule is Cc1ccsc1CN1CCC(O)(COc2ccccc2)CC1. The van der Waals surface area contributed by atoms with Crippen molar-refractivity contribution in [1.29, 1.82) is 0 Å². The summed E-state index contributed by atoms with van der Waals surface area (Å²) in [5.74, 6) is 0.826. The monoisotopic (exact) mass is 317 g/mol. The highest BCUT2D eigenvalue weighted by Crippen LogP contribution is 2.26. The number of hydrogen-bond acceptors (Lipinski definition) is 4. The third-order valence-corrected chi connectivity index (χ3v) is 5.38. The predicted molar refractivity (Wildman–Crippen MR) is 90.5 cm³/mol. The quantitative estimate of drug-likeness (QED) is 0.916. The van der Waals surface area contributed by atoms with Crippen LogP contribution in [-0.4, -0.2) is 35.3 Å². The van der Waals surface area contributed by atoms with E-state index in [4.69, 9.17) is 4.74 Å². The van der Waals surface area contributed by atoms with E-state index >= 15 is 0 Å². The Labute approximate surface area is 136 Å². The van der Waals surface area contributed by atoms with Gasteiger partial charge < -0.3 is 9.84 Å². The van der Waals surface area contributed by atoms with Crippen molar-refractivity contribution in [1.82, 2.24) is 4.90 Å². The Kier molecular flexibility index (Phi) is 4.81. The predicted octanol–water partition coefficient (Wildman–Crippen LogP) is 3.46. The fraction of sp³-hybridized carbons (Fsp3) is 0.444. The molecule has 1 aliphatic heterocycles. The molecule has 1 aliphatic rings. The Morgan fingerprint density at radius 3 is 2.55 bits per heavy atom. The van der Waals surface area contributed by atoms with Crippen LogP contribution < -0.4 is 4.74 Å². The van der Waals surface area contributed by atoms with Gasteiger partial charge in [-0.3, -0.25) is 4.90 Å². The van der Waals surface area contributed by atoms with Gasteiger partial charge in [0.2, 0.25) is 0 Å². The van der Waals surface area contributed by atoms with Crippen LogP contribution in [-0.2, 0) is 6.54 Å². The lowest BCUT2D eigenvalue weighted by molar-refractivity contribution is -0.0535. The zero-order valence-corrected chi connectivity index (χ0v) is 13.8. The molecular weight excluding hydrogens is 294 g/mol. The van der Waals surface area contributed by atoms with Crippen LogP contribution in [0.1, 0.15) is 23.3 Å². The summed E-state index contributed by atoms with van der Waals surface area (Å²) < 4.78 is 5.74. The number of benzene rings is 1. The lowest BCUT2D eigenvalue weighted by atomic mass is 9.92. The van der Waals surface area contributed by atoms with Gasteiger partial charge in [0.15, 0.2) is 0 Å². The van der Waals surface area contributed by atoms with Crippen molar-refractivity contribution >= 4 is 11.3 Å². The molecule has 0 saturated carbocycles. The molecular formula is C18H23NO2S. The summed E-state index contributed by atoms with van der Waals surface area (Å²) in [4.78, 5) is 3.86. The fourth-order valence-corrected chi connectivity index (χ4v) is 3.72. The normalized spacial score (nSPS) is 18.3. The molecule has 3 nitrogen and oxygen atoms in total.